The molecule has 5 heteroatoms. The fraction of sp³-hybridized carbons (Fsp3) is 0.571. The standard InChI is InChI=1S/C14H22N4O/c1-14(8-4-2-6-11(14)19)10-17-13(15)18-12-7-3-5-9-16-12/h3,5,7,9,11,19H,2,4,6,8,10H2,1H3,(H3,15,16,17,18). The van der Waals surface area contributed by atoms with Gasteiger partial charge in [-0.25, -0.2) is 4.98 Å². The van der Waals surface area contributed by atoms with Gasteiger partial charge in [0.15, 0.2) is 5.96 Å². The highest BCUT2D eigenvalue weighted by Gasteiger charge is 2.35. The molecule has 0 aromatic carbocycles. The van der Waals surface area contributed by atoms with Crippen LogP contribution in [0, 0.1) is 5.41 Å². The summed E-state index contributed by atoms with van der Waals surface area (Å²) in [6.45, 7) is 2.62. The fourth-order valence-electron chi connectivity index (χ4n) is 2.44. The number of rotatable bonds is 3. The lowest BCUT2D eigenvalue weighted by Crippen LogP contribution is -2.39. The largest absolute Gasteiger partial charge is 0.392 e. The van der Waals surface area contributed by atoms with Crippen molar-refractivity contribution >= 4 is 11.8 Å². The van der Waals surface area contributed by atoms with Crippen LogP contribution in [0.5, 0.6) is 0 Å². The molecule has 1 aliphatic carbocycles. The van der Waals surface area contributed by atoms with E-state index in [1.807, 2.05) is 18.2 Å². The minimum absolute atomic E-state index is 0.158. The molecule has 104 valence electrons. The maximum Gasteiger partial charge on any atom is 0.194 e. The average Bonchev–Trinajstić information content (AvgIpc) is 2.41. The number of hydrogen-bond acceptors (Lipinski definition) is 3. The maximum absolute atomic E-state index is 10.1. The van der Waals surface area contributed by atoms with Gasteiger partial charge in [-0.15, -0.1) is 0 Å². The molecule has 2 unspecified atom stereocenters. The molecule has 1 aromatic heterocycles. The number of aliphatic hydroxyl groups excluding tert-OH is 1. The number of guanidine groups is 1. The highest BCUT2D eigenvalue weighted by molar-refractivity contribution is 5.91. The van der Waals surface area contributed by atoms with E-state index in [4.69, 9.17) is 5.73 Å². The first kappa shape index (κ1) is 13.8. The van der Waals surface area contributed by atoms with Crippen LogP contribution in [0.4, 0.5) is 5.82 Å². The molecule has 1 heterocycles. The van der Waals surface area contributed by atoms with Crippen LogP contribution in [0.1, 0.15) is 32.6 Å². The Kier molecular flexibility index (Phi) is 4.37. The Labute approximate surface area is 114 Å². The molecule has 0 amide bonds. The Hall–Kier alpha value is -1.62. The van der Waals surface area contributed by atoms with Crippen molar-refractivity contribution in [3.63, 3.8) is 0 Å². The second-order valence-electron chi connectivity index (χ2n) is 5.46. The lowest BCUT2D eigenvalue weighted by Gasteiger charge is -2.37. The van der Waals surface area contributed by atoms with E-state index in [9.17, 15) is 5.11 Å². The van der Waals surface area contributed by atoms with E-state index in [1.54, 1.807) is 6.20 Å². The summed E-state index contributed by atoms with van der Waals surface area (Å²) in [5.41, 5.74) is 5.69. The molecule has 5 nitrogen and oxygen atoms in total. The van der Waals surface area contributed by atoms with Gasteiger partial charge in [-0.3, -0.25) is 4.99 Å². The maximum atomic E-state index is 10.1. The zero-order valence-electron chi connectivity index (χ0n) is 11.3. The molecule has 1 saturated carbocycles. The van der Waals surface area contributed by atoms with Gasteiger partial charge in [-0.05, 0) is 25.0 Å². The average molecular weight is 262 g/mol. The second-order valence-corrected chi connectivity index (χ2v) is 5.46. The molecule has 0 spiro atoms. The minimum atomic E-state index is -0.285. The number of nitrogens with one attached hydrogen (secondary N) is 1. The molecule has 0 radical (unpaired) electrons. The van der Waals surface area contributed by atoms with Crippen molar-refractivity contribution in [3.05, 3.63) is 24.4 Å². The molecule has 2 atom stereocenters. The number of nitrogens with two attached hydrogens (primary N) is 1. The molecular formula is C14H22N4O. The summed E-state index contributed by atoms with van der Waals surface area (Å²) < 4.78 is 0. The number of hydrogen-bond donors (Lipinski definition) is 3. The lowest BCUT2D eigenvalue weighted by molar-refractivity contribution is 0.00724. The van der Waals surface area contributed by atoms with E-state index in [0.29, 0.717) is 18.3 Å². The van der Waals surface area contributed by atoms with E-state index in [0.717, 1.165) is 25.7 Å². The molecule has 0 bridgehead atoms. The first-order valence-corrected chi connectivity index (χ1v) is 6.76. The number of aliphatic hydroxyl groups is 1. The predicted octanol–water partition coefficient (Wildman–Crippen LogP) is 1.75. The third kappa shape index (κ3) is 3.67. The van der Waals surface area contributed by atoms with Gasteiger partial charge in [0.25, 0.3) is 0 Å². The zero-order chi connectivity index (χ0) is 13.7. The highest BCUT2D eigenvalue weighted by Crippen LogP contribution is 2.36. The summed E-state index contributed by atoms with van der Waals surface area (Å²) in [5, 5.41) is 13.0. The summed E-state index contributed by atoms with van der Waals surface area (Å²) in [6, 6.07) is 5.56. The Morgan fingerprint density at radius 1 is 1.58 bits per heavy atom. The van der Waals surface area contributed by atoms with Crippen molar-refractivity contribution in [1.29, 1.82) is 0 Å². The smallest absolute Gasteiger partial charge is 0.194 e. The number of nitrogens with zero attached hydrogens (tertiary/aromatic N) is 2. The van der Waals surface area contributed by atoms with E-state index in [2.05, 4.69) is 22.2 Å². The van der Waals surface area contributed by atoms with Gasteiger partial charge in [0.05, 0.1) is 12.6 Å². The number of anilines is 1. The van der Waals surface area contributed by atoms with Crippen molar-refractivity contribution in [2.45, 2.75) is 38.7 Å². The van der Waals surface area contributed by atoms with Gasteiger partial charge in [-0.1, -0.05) is 25.8 Å². The van der Waals surface area contributed by atoms with Crippen molar-refractivity contribution in [2.75, 3.05) is 11.9 Å². The third-order valence-corrected chi connectivity index (χ3v) is 3.81. The number of pyridine rings is 1. The minimum Gasteiger partial charge on any atom is -0.392 e. The van der Waals surface area contributed by atoms with Crippen LogP contribution in [0.3, 0.4) is 0 Å². The summed E-state index contributed by atoms with van der Waals surface area (Å²) in [5.74, 6) is 1.02. The molecule has 1 fully saturated rings. The molecule has 0 aliphatic heterocycles. The Bertz CT molecular complexity index is 434. The second kappa shape index (κ2) is 6.02. The molecule has 1 aromatic rings. The zero-order valence-corrected chi connectivity index (χ0v) is 11.3. The van der Waals surface area contributed by atoms with Gasteiger partial charge < -0.3 is 16.2 Å². The van der Waals surface area contributed by atoms with Crippen LogP contribution in [-0.4, -0.2) is 28.7 Å². The Morgan fingerprint density at radius 3 is 3.11 bits per heavy atom. The van der Waals surface area contributed by atoms with Crippen LogP contribution in [0.2, 0.25) is 0 Å². The molecule has 4 N–H and O–H groups in total. The van der Waals surface area contributed by atoms with Crippen LogP contribution in [0.25, 0.3) is 0 Å². The SMILES string of the molecule is CC1(CN=C(N)Nc2ccccn2)CCCCC1O. The molecule has 0 saturated heterocycles. The molecule has 1 aliphatic rings. The van der Waals surface area contributed by atoms with Crippen molar-refractivity contribution in [1.82, 2.24) is 4.98 Å². The normalized spacial score (nSPS) is 28.1. The van der Waals surface area contributed by atoms with E-state index >= 15 is 0 Å². The Morgan fingerprint density at radius 2 is 2.42 bits per heavy atom. The monoisotopic (exact) mass is 262 g/mol. The summed E-state index contributed by atoms with van der Waals surface area (Å²) in [7, 11) is 0. The summed E-state index contributed by atoms with van der Waals surface area (Å²) in [4.78, 5) is 8.47. The summed E-state index contributed by atoms with van der Waals surface area (Å²) >= 11 is 0. The van der Waals surface area contributed by atoms with E-state index < -0.39 is 0 Å². The topological polar surface area (TPSA) is 83.5 Å². The molecular weight excluding hydrogens is 240 g/mol. The van der Waals surface area contributed by atoms with Gasteiger partial charge >= 0.3 is 0 Å². The quantitative estimate of drug-likeness (QED) is 0.572. The van der Waals surface area contributed by atoms with Gasteiger partial charge in [0.2, 0.25) is 0 Å². The fourth-order valence-corrected chi connectivity index (χ4v) is 2.44. The first-order chi connectivity index (χ1) is 9.10. The summed E-state index contributed by atoms with van der Waals surface area (Å²) in [6.07, 6.45) is 5.52. The molecule has 2 rings (SSSR count). The Balaban J connectivity index is 1.94. The molecule has 19 heavy (non-hydrogen) atoms. The third-order valence-electron chi connectivity index (χ3n) is 3.81. The van der Waals surface area contributed by atoms with Crippen molar-refractivity contribution in [2.24, 2.45) is 16.1 Å². The number of aliphatic imine (C=N–C) groups is 1. The van der Waals surface area contributed by atoms with Gasteiger partial charge in [-0.2, -0.15) is 0 Å². The van der Waals surface area contributed by atoms with Crippen LogP contribution < -0.4 is 11.1 Å². The van der Waals surface area contributed by atoms with Crippen molar-refractivity contribution in [3.8, 4) is 0 Å². The van der Waals surface area contributed by atoms with Crippen LogP contribution in [0.15, 0.2) is 29.4 Å². The number of aromatic nitrogens is 1. The van der Waals surface area contributed by atoms with Crippen LogP contribution in [-0.2, 0) is 0 Å². The highest BCUT2D eigenvalue weighted by atomic mass is 16.3. The first-order valence-electron chi connectivity index (χ1n) is 6.76. The van der Waals surface area contributed by atoms with Gasteiger partial charge in [0, 0.05) is 11.6 Å². The lowest BCUT2D eigenvalue weighted by atomic mass is 9.73. The predicted molar refractivity (Wildman–Crippen MR) is 76.9 cm³/mol. The van der Waals surface area contributed by atoms with Crippen LogP contribution >= 0.6 is 0 Å². The van der Waals surface area contributed by atoms with Gasteiger partial charge in [0.1, 0.15) is 5.82 Å². The van der Waals surface area contributed by atoms with Crippen molar-refractivity contribution < 1.29 is 5.11 Å². The van der Waals surface area contributed by atoms with E-state index in [1.165, 1.54) is 0 Å². The van der Waals surface area contributed by atoms with E-state index in [-0.39, 0.29) is 11.5 Å².